The van der Waals surface area contributed by atoms with Crippen molar-refractivity contribution < 1.29 is 69.7 Å². The van der Waals surface area contributed by atoms with Gasteiger partial charge in [0.2, 0.25) is 11.9 Å². The Morgan fingerprint density at radius 1 is 0.717 bits per heavy atom. The first-order valence-electron chi connectivity index (χ1n) is 32.2. The molecule has 2 fully saturated rings. The lowest BCUT2D eigenvalue weighted by Gasteiger charge is -2.42. The highest BCUT2D eigenvalue weighted by Crippen LogP contribution is 2.57. The summed E-state index contributed by atoms with van der Waals surface area (Å²) in [7, 11) is -6.11. The maximum Gasteiger partial charge on any atom is 0.695 e. The topological polar surface area (TPSA) is 328 Å². The van der Waals surface area contributed by atoms with E-state index in [1.54, 1.807) is 58.4 Å². The van der Waals surface area contributed by atoms with Crippen LogP contribution in [0.2, 0.25) is 36.3 Å². The quantitative estimate of drug-likeness (QED) is 0.0153. The second-order valence-corrected chi connectivity index (χ2v) is 40.4. The Labute approximate surface area is 582 Å². The van der Waals surface area contributed by atoms with Crippen LogP contribution in [0.5, 0.6) is 11.5 Å². The summed E-state index contributed by atoms with van der Waals surface area (Å²) in [4.78, 5) is 77.0. The van der Waals surface area contributed by atoms with E-state index in [0.717, 1.165) is 16.7 Å². The molecule has 0 aliphatic carbocycles. The summed E-state index contributed by atoms with van der Waals surface area (Å²) < 4.78 is 91.0. The lowest BCUT2D eigenvalue weighted by molar-refractivity contribution is -0.118. The molecule has 99 heavy (non-hydrogen) atoms. The minimum atomic E-state index is -4.36. The van der Waals surface area contributed by atoms with Crippen molar-refractivity contribution in [2.75, 3.05) is 44.7 Å². The van der Waals surface area contributed by atoms with Gasteiger partial charge in [-0.2, -0.15) is 10.2 Å². The highest BCUT2D eigenvalue weighted by Gasteiger charge is 2.58. The van der Waals surface area contributed by atoms with Gasteiger partial charge in [0, 0.05) is 16.0 Å². The van der Waals surface area contributed by atoms with E-state index >= 15 is 0 Å². The highest BCUT2D eigenvalue weighted by atomic mass is 32.5. The predicted octanol–water partition coefficient (Wildman–Crippen LogP) is 12.0. The van der Waals surface area contributed by atoms with E-state index in [4.69, 9.17) is 67.4 Å². The number of benzene rings is 4. The van der Waals surface area contributed by atoms with Gasteiger partial charge in [0.25, 0.3) is 11.5 Å². The number of nitrogens with one attached hydrogen (secondary N) is 3. The van der Waals surface area contributed by atoms with Gasteiger partial charge in [-0.15, -0.1) is 9.42 Å². The van der Waals surface area contributed by atoms with Gasteiger partial charge < -0.3 is 46.9 Å². The maximum absolute atomic E-state index is 14.1. The molecule has 2 amide bonds. The van der Waals surface area contributed by atoms with Gasteiger partial charge in [0.05, 0.1) is 59.2 Å². The van der Waals surface area contributed by atoms with Crippen molar-refractivity contribution in [2.45, 2.75) is 153 Å². The fraction of sp³-hybridized carbons (Fsp3) is 0.448. The first-order valence-corrected chi connectivity index (χ1v) is 41.7. The molecule has 8 aromatic rings. The third kappa shape index (κ3) is 16.2. The standard InChI is InChI=1S/C67H83N11O16P2SSi2/c1-41(2)59(79)75-64-74-58-51(61(81)76-64)72-40-78(58)63-55(53(94-99(13,14)66(6,7)8)48(89-63)36-86-67(43-24-19-16-20-25-43,44-26-30-46(84-9)31-27-44)45-28-32-47(85-10)33-29-45)92-96(97,87-35-21-34-68)88-37-49-52(93-98(11,12)65(3,4)5)54(91-95(82)83)62(90-49)77-39-71-50-56(69-38-70-57(50)77)73-60(80)42-22-17-15-18-23-42/h15-20,22-33,38-41,48-49,52-55,62-63H,21,35-37H2,1-14H3,(H3-,69,70,73,74,75,76,79,80,81,82,83)/p+1/t48-,49-,52-,53-,54-,55-,62-,63-,96?/m1/s1. The van der Waals surface area contributed by atoms with Crippen LogP contribution in [-0.4, -0.2) is 143 Å². The van der Waals surface area contributed by atoms with Crippen LogP contribution in [0.15, 0.2) is 133 Å². The fourth-order valence-electron chi connectivity index (χ4n) is 11.0. The largest absolute Gasteiger partial charge is 0.695 e. The Balaban J connectivity index is 1.11. The zero-order chi connectivity index (χ0) is 71.4. The smallest absolute Gasteiger partial charge is 0.497 e. The Morgan fingerprint density at radius 2 is 1.24 bits per heavy atom. The summed E-state index contributed by atoms with van der Waals surface area (Å²) >= 11 is 6.57. The summed E-state index contributed by atoms with van der Waals surface area (Å²) in [5.74, 6) is -0.247. The molecule has 0 bridgehead atoms. The van der Waals surface area contributed by atoms with E-state index < -0.39 is 126 Å². The molecular weight excluding hydrogens is 1360 g/mol. The van der Waals surface area contributed by atoms with Gasteiger partial charge in [-0.3, -0.25) is 38.3 Å². The number of nitriles is 1. The van der Waals surface area contributed by atoms with Crippen molar-refractivity contribution in [2.24, 2.45) is 5.92 Å². The number of carbonyl (C=O) groups is 2. The number of imidazole rings is 2. The normalized spacial score (nSPS) is 20.8. The van der Waals surface area contributed by atoms with Crippen molar-refractivity contribution in [3.63, 3.8) is 0 Å². The first kappa shape index (κ1) is 74.3. The Bertz CT molecular complexity index is 4280. The molecule has 27 nitrogen and oxygen atoms in total. The summed E-state index contributed by atoms with van der Waals surface area (Å²) in [6.45, 7) is 18.5. The molecule has 10 rings (SSSR count). The van der Waals surface area contributed by atoms with E-state index in [1.807, 2.05) is 113 Å². The zero-order valence-corrected chi connectivity index (χ0v) is 62.2. The number of rotatable bonds is 28. The van der Waals surface area contributed by atoms with E-state index in [2.05, 4.69) is 75.5 Å². The molecule has 4 aromatic carbocycles. The number of aromatic nitrogens is 8. The minimum absolute atomic E-state index is 0.0222. The summed E-state index contributed by atoms with van der Waals surface area (Å²) in [6, 6.07) is 35.5. The lowest BCUT2D eigenvalue weighted by Crippen LogP contribution is -2.51. The number of methoxy groups -OCH3 is 2. The average Bonchev–Trinajstić information content (AvgIpc) is 1.74. The number of anilines is 2. The molecule has 0 radical (unpaired) electrons. The second kappa shape index (κ2) is 30.4. The summed E-state index contributed by atoms with van der Waals surface area (Å²) in [6.07, 6.45) is -6.28. The van der Waals surface area contributed by atoms with Crippen molar-refractivity contribution in [1.29, 1.82) is 5.26 Å². The number of fused-ring (bicyclic) bond motifs is 2. The van der Waals surface area contributed by atoms with E-state index in [0.29, 0.717) is 17.1 Å². The van der Waals surface area contributed by atoms with Crippen molar-refractivity contribution in [1.82, 2.24) is 39.0 Å². The first-order chi connectivity index (χ1) is 46.9. The van der Waals surface area contributed by atoms with Crippen LogP contribution in [0.3, 0.4) is 0 Å². The van der Waals surface area contributed by atoms with Crippen LogP contribution in [0.4, 0.5) is 11.8 Å². The molecule has 10 atom stereocenters. The molecule has 2 aliphatic rings. The molecule has 2 unspecified atom stereocenters. The highest BCUT2D eigenvalue weighted by molar-refractivity contribution is 8.07. The van der Waals surface area contributed by atoms with Gasteiger partial charge in [-0.1, -0.05) is 128 Å². The molecule has 2 aliphatic heterocycles. The van der Waals surface area contributed by atoms with Crippen LogP contribution in [-0.2, 0) is 67.9 Å². The third-order valence-corrected chi connectivity index (χ3v) is 30.1. The Kier molecular flexibility index (Phi) is 22.8. The van der Waals surface area contributed by atoms with Crippen LogP contribution in [0.1, 0.15) is 101 Å². The molecule has 2 saturated heterocycles. The number of hydrogen-bond acceptors (Lipinski definition) is 22. The number of carbonyl (C=O) groups excluding carboxylic acids is 2. The Morgan fingerprint density at radius 3 is 1.79 bits per heavy atom. The van der Waals surface area contributed by atoms with Crippen molar-refractivity contribution in [3.8, 4) is 17.6 Å². The summed E-state index contributed by atoms with van der Waals surface area (Å²) in [5.41, 5.74) is 0.670. The predicted molar refractivity (Wildman–Crippen MR) is 378 cm³/mol. The number of nitrogens with zero attached hydrogens (tertiary/aromatic N) is 8. The van der Waals surface area contributed by atoms with Gasteiger partial charge in [0.1, 0.15) is 53.9 Å². The monoisotopic (exact) mass is 1450 g/mol. The van der Waals surface area contributed by atoms with Gasteiger partial charge in [-0.05, 0) is 101 Å². The molecular formula is C67H84N11O16P2SSi2+. The number of aromatic amines is 1. The minimum Gasteiger partial charge on any atom is -0.497 e. The van der Waals surface area contributed by atoms with Gasteiger partial charge in [-0.25, -0.2) is 19.9 Å². The van der Waals surface area contributed by atoms with Crippen LogP contribution < -0.4 is 25.7 Å². The lowest BCUT2D eigenvalue weighted by atomic mass is 9.80. The van der Waals surface area contributed by atoms with Gasteiger partial charge >= 0.3 is 15.0 Å². The third-order valence-electron chi connectivity index (χ3n) is 18.4. The molecule has 0 spiro atoms. The zero-order valence-electron chi connectivity index (χ0n) is 57.6. The van der Waals surface area contributed by atoms with Gasteiger partial charge in [0.15, 0.2) is 63.3 Å². The van der Waals surface area contributed by atoms with Crippen molar-refractivity contribution >= 4 is 89.3 Å². The number of H-pyrrole nitrogens is 1. The van der Waals surface area contributed by atoms with Crippen LogP contribution in [0.25, 0.3) is 22.3 Å². The summed E-state index contributed by atoms with van der Waals surface area (Å²) in [5, 5.41) is 14.7. The number of hydrogen-bond donors (Lipinski definition) is 4. The number of amides is 2. The molecule has 4 N–H and O–H groups in total. The second-order valence-electron chi connectivity index (χ2n) is 27.2. The fourth-order valence-corrected chi connectivity index (χ4v) is 16.1. The molecule has 0 saturated carbocycles. The van der Waals surface area contributed by atoms with Crippen LogP contribution >= 0.6 is 15.0 Å². The number of ether oxygens (including phenoxy) is 5. The van der Waals surface area contributed by atoms with E-state index in [1.165, 1.54) is 28.1 Å². The maximum atomic E-state index is 14.1. The Hall–Kier alpha value is -7.41. The van der Waals surface area contributed by atoms with E-state index in [-0.39, 0.29) is 53.7 Å². The average molecular weight is 1450 g/mol. The molecule has 4 aromatic heterocycles. The molecule has 32 heteroatoms. The SMILES string of the molecule is COc1ccc(C(OC[C@H]2O[C@@H](n3cnc4c(=O)[nH]c(NC(=O)C(C)C)nc43)[C@H](OP(=S)(OCCC#N)OC[C@H]3O[C@@H](n4cnc5c(NC(=O)c6ccccc6)ncnc54)[C@H](O[P+](=O)O)[C@@H]3O[Si](C)(C)C(C)(C)C)[C@@H]2O[Si](C)(C)C(C)(C)C)(c2ccccc2)c2ccc(OC)cc2)cc1. The molecule has 6 heterocycles. The van der Waals surface area contributed by atoms with E-state index in [9.17, 15) is 29.1 Å². The van der Waals surface area contributed by atoms with Crippen LogP contribution in [0, 0.1) is 17.2 Å². The van der Waals surface area contributed by atoms with Crippen molar-refractivity contribution in [3.05, 3.63) is 161 Å². The molecule has 526 valence electrons.